The number of carbonyl (C=O) groups is 5. The van der Waals surface area contributed by atoms with Crippen molar-refractivity contribution in [2.75, 3.05) is 19.6 Å². The number of rotatable bonds is 6. The van der Waals surface area contributed by atoms with Crippen LogP contribution in [0.3, 0.4) is 0 Å². The number of carbonyl (C=O) groups excluding carboxylic acids is 4. The number of nitrogens with one attached hydrogen (secondary N) is 3. The Hall–Kier alpha value is -3.79. The predicted octanol–water partition coefficient (Wildman–Crippen LogP) is 4.48. The average Bonchev–Trinajstić information content (AvgIpc) is 3.90. The van der Waals surface area contributed by atoms with E-state index in [1.807, 2.05) is 17.1 Å². The minimum absolute atomic E-state index is 0.0341. The molecule has 7 atom stereocenters. The molecule has 304 valence electrons. The van der Waals surface area contributed by atoms with Crippen molar-refractivity contribution >= 4 is 39.8 Å². The summed E-state index contributed by atoms with van der Waals surface area (Å²) in [5, 5.41) is 16.0. The van der Waals surface area contributed by atoms with E-state index in [1.54, 1.807) is 34.6 Å². The van der Waals surface area contributed by atoms with Crippen LogP contribution in [0.1, 0.15) is 106 Å². The standard InChI is InChI=1S/C39H56FN5O9S/c1-7-25-28-26(29(40)32(46)30(25)41-35(49)54-37(3,4)5)21-45(36(50)51)31(28)23-18-27-33(47)42-39(34(48)43-55(52,53)38(6)15-16-38)19-24(39)14-9-8-12-22(2)13-10-11-17-44(27)20-23/h9,14,22-24,27,30-31H,7-8,10-13,15-21H2,1-6H3,(H,41,49)(H,42,47)(H,43,48)(H,50,51)/b14-9-/t22-,23-,24-,27+,30+,31?,39-/m1/s1. The number of likely N-dealkylation sites (tertiary alicyclic amines) is 1. The van der Waals surface area contributed by atoms with Gasteiger partial charge >= 0.3 is 12.2 Å². The Morgan fingerprint density at radius 2 is 1.85 bits per heavy atom. The summed E-state index contributed by atoms with van der Waals surface area (Å²) >= 11 is 0. The molecule has 3 heterocycles. The molecule has 0 spiro atoms. The lowest BCUT2D eigenvalue weighted by Crippen LogP contribution is -2.56. The second-order valence-electron chi connectivity index (χ2n) is 17.7. The monoisotopic (exact) mass is 789 g/mol. The van der Waals surface area contributed by atoms with Crippen LogP contribution >= 0.6 is 0 Å². The van der Waals surface area contributed by atoms with Gasteiger partial charge in [0.05, 0.1) is 23.4 Å². The van der Waals surface area contributed by atoms with Gasteiger partial charge in [0.15, 0.2) is 5.83 Å². The van der Waals surface area contributed by atoms with Gasteiger partial charge in [-0.2, -0.15) is 0 Å². The lowest BCUT2D eigenvalue weighted by atomic mass is 9.79. The summed E-state index contributed by atoms with van der Waals surface area (Å²) < 4.78 is 48.9. The number of fused-ring (bicyclic) bond motifs is 3. The van der Waals surface area contributed by atoms with Crippen molar-refractivity contribution in [1.29, 1.82) is 0 Å². The third-order valence-corrected chi connectivity index (χ3v) is 14.5. The first-order valence-electron chi connectivity index (χ1n) is 19.7. The number of amides is 4. The van der Waals surface area contributed by atoms with E-state index in [1.165, 1.54) is 0 Å². The zero-order valence-corrected chi connectivity index (χ0v) is 33.5. The molecule has 2 saturated heterocycles. The van der Waals surface area contributed by atoms with E-state index in [0.717, 1.165) is 37.0 Å². The number of nitrogens with zero attached hydrogens (tertiary/aromatic N) is 2. The quantitative estimate of drug-likeness (QED) is 0.279. The second-order valence-corrected chi connectivity index (χ2v) is 19.8. The molecule has 55 heavy (non-hydrogen) atoms. The molecular weight excluding hydrogens is 734 g/mol. The number of sulfonamides is 1. The van der Waals surface area contributed by atoms with Crippen LogP contribution in [0.25, 0.3) is 0 Å². The Morgan fingerprint density at radius 1 is 1.15 bits per heavy atom. The number of carboxylic acid groups (broad SMARTS) is 1. The Labute approximate surface area is 322 Å². The molecule has 6 aliphatic rings. The third kappa shape index (κ3) is 8.08. The van der Waals surface area contributed by atoms with Crippen LogP contribution in [0, 0.1) is 17.8 Å². The van der Waals surface area contributed by atoms with Crippen LogP contribution in [0.15, 0.2) is 34.7 Å². The first-order chi connectivity index (χ1) is 25.7. The second kappa shape index (κ2) is 14.9. The molecule has 0 aromatic carbocycles. The maximum Gasteiger partial charge on any atom is 0.408 e. The van der Waals surface area contributed by atoms with Crippen molar-refractivity contribution in [2.45, 2.75) is 140 Å². The predicted molar refractivity (Wildman–Crippen MR) is 201 cm³/mol. The largest absolute Gasteiger partial charge is 0.465 e. The summed E-state index contributed by atoms with van der Waals surface area (Å²) in [6, 6.07) is -3.15. The summed E-state index contributed by atoms with van der Waals surface area (Å²) in [5.74, 6) is -3.84. The average molecular weight is 790 g/mol. The van der Waals surface area contributed by atoms with Crippen molar-refractivity contribution in [3.05, 3.63) is 34.7 Å². The Bertz CT molecular complexity index is 1830. The van der Waals surface area contributed by atoms with E-state index in [9.17, 15) is 37.5 Å². The van der Waals surface area contributed by atoms with Crippen LogP contribution in [0.5, 0.6) is 0 Å². The molecule has 0 aromatic rings. The van der Waals surface area contributed by atoms with Gasteiger partial charge < -0.3 is 20.5 Å². The van der Waals surface area contributed by atoms with Gasteiger partial charge in [0.2, 0.25) is 21.7 Å². The van der Waals surface area contributed by atoms with Crippen LogP contribution in [-0.2, 0) is 29.1 Å². The van der Waals surface area contributed by atoms with Crippen LogP contribution in [0.2, 0.25) is 0 Å². The lowest BCUT2D eigenvalue weighted by molar-refractivity contribution is -0.131. The van der Waals surface area contributed by atoms with Gasteiger partial charge in [0, 0.05) is 18.0 Å². The fraction of sp³-hybridized carbons (Fsp3) is 0.718. The molecule has 4 N–H and O–H groups in total. The van der Waals surface area contributed by atoms with Gasteiger partial charge in [-0.05, 0) is 109 Å². The van der Waals surface area contributed by atoms with Gasteiger partial charge in [-0.1, -0.05) is 38.8 Å². The number of hydrogen-bond donors (Lipinski definition) is 4. The van der Waals surface area contributed by atoms with E-state index in [2.05, 4.69) is 22.3 Å². The Morgan fingerprint density at radius 3 is 2.49 bits per heavy atom. The van der Waals surface area contributed by atoms with E-state index >= 15 is 4.39 Å². The van der Waals surface area contributed by atoms with Crippen LogP contribution in [-0.4, -0.2) is 107 Å². The van der Waals surface area contributed by atoms with Crippen LogP contribution < -0.4 is 15.4 Å². The zero-order valence-electron chi connectivity index (χ0n) is 32.7. The molecule has 4 fully saturated rings. The fourth-order valence-electron chi connectivity index (χ4n) is 8.85. The molecular formula is C39H56FN5O9S. The Balaban J connectivity index is 1.33. The lowest BCUT2D eigenvalue weighted by Gasteiger charge is -2.32. The van der Waals surface area contributed by atoms with Gasteiger partial charge in [-0.3, -0.25) is 28.9 Å². The van der Waals surface area contributed by atoms with Crippen molar-refractivity contribution in [3.8, 4) is 0 Å². The number of alkyl carbamates (subject to hydrolysis) is 1. The topological polar surface area (TPSA) is 192 Å². The Kier molecular flexibility index (Phi) is 11.1. The van der Waals surface area contributed by atoms with E-state index in [0.29, 0.717) is 36.5 Å². The first kappa shape index (κ1) is 40.9. The third-order valence-electron chi connectivity index (χ3n) is 12.4. The number of hydrogen-bond acceptors (Lipinski definition) is 9. The maximum absolute atomic E-state index is 16.0. The normalized spacial score (nSPS) is 33.3. The fourth-order valence-corrected chi connectivity index (χ4v) is 10.2. The van der Waals surface area contributed by atoms with E-state index in [-0.39, 0.29) is 37.9 Å². The van der Waals surface area contributed by atoms with Crippen molar-refractivity contribution < 1.29 is 46.6 Å². The summed E-state index contributed by atoms with van der Waals surface area (Å²) in [6.07, 6.45) is 7.49. The van der Waals surface area contributed by atoms with Crippen molar-refractivity contribution in [2.24, 2.45) is 17.8 Å². The molecule has 2 saturated carbocycles. The smallest absolute Gasteiger partial charge is 0.408 e. The summed E-state index contributed by atoms with van der Waals surface area (Å²) in [7, 11) is -3.98. The van der Waals surface area contributed by atoms with E-state index in [4.69, 9.17) is 4.74 Å². The zero-order chi connectivity index (χ0) is 40.2. The number of ether oxygens (including phenoxy) is 1. The number of ketones is 1. The molecule has 3 aliphatic carbocycles. The van der Waals surface area contributed by atoms with Crippen molar-refractivity contribution in [1.82, 2.24) is 25.2 Å². The SMILES string of the molecule is CCC1=C2C(=C(F)C(=O)[C@H]1NC(=O)OC(C)(C)C)CN(C(=O)O)C2[C@@H]1C[C@H]2C(=O)N[C@]3(C(=O)NS(=O)(=O)C4(C)CC4)C[C@H]3/C=C\CC[C@@H](C)CCCCN2C1. The van der Waals surface area contributed by atoms with Crippen molar-refractivity contribution in [3.63, 3.8) is 0 Å². The molecule has 16 heteroatoms. The highest BCUT2D eigenvalue weighted by molar-refractivity contribution is 7.91. The summed E-state index contributed by atoms with van der Waals surface area (Å²) in [5.41, 5.74) is -1.67. The number of Topliss-reactive ketones (excluding diaryl/α,β-unsaturated/α-hetero) is 1. The molecule has 0 bridgehead atoms. The highest BCUT2D eigenvalue weighted by Crippen LogP contribution is 2.49. The molecule has 0 aromatic heterocycles. The van der Waals surface area contributed by atoms with Gasteiger partial charge in [-0.25, -0.2) is 22.4 Å². The van der Waals surface area contributed by atoms with Gasteiger partial charge in [-0.15, -0.1) is 0 Å². The summed E-state index contributed by atoms with van der Waals surface area (Å²) in [6.45, 7) is 10.9. The molecule has 0 radical (unpaired) electrons. The molecule has 14 nitrogen and oxygen atoms in total. The van der Waals surface area contributed by atoms with E-state index < -0.39 is 91.5 Å². The molecule has 6 rings (SSSR count). The first-order valence-corrected chi connectivity index (χ1v) is 21.1. The number of allylic oxidation sites excluding steroid dienone is 1. The molecule has 1 unspecified atom stereocenters. The maximum atomic E-state index is 16.0. The summed E-state index contributed by atoms with van der Waals surface area (Å²) in [4.78, 5) is 70.5. The minimum atomic E-state index is -3.98. The number of halogens is 1. The molecule has 3 aliphatic heterocycles. The minimum Gasteiger partial charge on any atom is -0.465 e. The van der Waals surface area contributed by atoms with Gasteiger partial charge in [0.25, 0.3) is 5.91 Å². The molecule has 4 amide bonds. The highest BCUT2D eigenvalue weighted by Gasteiger charge is 2.63. The van der Waals surface area contributed by atoms with Crippen LogP contribution in [0.4, 0.5) is 14.0 Å². The van der Waals surface area contributed by atoms with Gasteiger partial charge in [0.1, 0.15) is 17.2 Å². The highest BCUT2D eigenvalue weighted by atomic mass is 32.2.